The lowest BCUT2D eigenvalue weighted by Gasteiger charge is -2.23. The summed E-state index contributed by atoms with van der Waals surface area (Å²) in [6, 6.07) is 16.6. The number of para-hydroxylation sites is 2. The Bertz CT molecular complexity index is 1330. The lowest BCUT2D eigenvalue weighted by molar-refractivity contribution is -0.111. The minimum Gasteiger partial charge on any atom is -0.504 e. The lowest BCUT2D eigenvalue weighted by atomic mass is 9.96. The number of methoxy groups -OCH3 is 1. The summed E-state index contributed by atoms with van der Waals surface area (Å²) < 4.78 is 21.5. The molecule has 0 saturated heterocycles. The zero-order chi connectivity index (χ0) is 26.4. The smallest absolute Gasteiger partial charge is 0.412 e. The number of hydrogen-bond donors (Lipinski definition) is 4. The number of phenols is 1. The second kappa shape index (κ2) is 11.3. The van der Waals surface area contributed by atoms with E-state index in [4.69, 9.17) is 24.7 Å². The first-order valence-corrected chi connectivity index (χ1v) is 11.4. The molecule has 10 nitrogen and oxygen atoms in total. The summed E-state index contributed by atoms with van der Waals surface area (Å²) in [5, 5.41) is 15.7. The summed E-state index contributed by atoms with van der Waals surface area (Å²) >= 11 is 0. The number of aromatic hydroxyl groups is 1. The Kier molecular flexibility index (Phi) is 7.68. The summed E-state index contributed by atoms with van der Waals surface area (Å²) in [7, 11) is 1.44. The Balaban J connectivity index is 1.50. The second-order valence-electron chi connectivity index (χ2n) is 8.24. The molecule has 1 aliphatic rings. The second-order valence-corrected chi connectivity index (χ2v) is 8.24. The number of nitrogens with one attached hydrogen (secondary N) is 2. The molecule has 2 atom stereocenters. The van der Waals surface area contributed by atoms with Gasteiger partial charge in [-0.15, -0.1) is 0 Å². The van der Waals surface area contributed by atoms with Gasteiger partial charge in [0.25, 0.3) is 0 Å². The molecule has 0 aliphatic carbocycles. The third-order valence-corrected chi connectivity index (χ3v) is 5.63. The average Bonchev–Trinajstić information content (AvgIpc) is 3.35. The fourth-order valence-corrected chi connectivity index (χ4v) is 3.73. The van der Waals surface area contributed by atoms with Gasteiger partial charge in [-0.05, 0) is 48.0 Å². The minimum absolute atomic E-state index is 0.112. The van der Waals surface area contributed by atoms with Gasteiger partial charge in [-0.1, -0.05) is 31.2 Å². The Morgan fingerprint density at radius 1 is 1.05 bits per heavy atom. The van der Waals surface area contributed by atoms with Crippen molar-refractivity contribution >= 4 is 29.1 Å². The van der Waals surface area contributed by atoms with Gasteiger partial charge < -0.3 is 35.1 Å². The molecule has 0 spiro atoms. The molecular weight excluding hydrogens is 478 g/mol. The van der Waals surface area contributed by atoms with E-state index in [1.54, 1.807) is 67.6 Å². The van der Waals surface area contributed by atoms with E-state index in [9.17, 15) is 14.7 Å². The molecule has 1 heterocycles. The van der Waals surface area contributed by atoms with E-state index in [-0.39, 0.29) is 18.3 Å². The molecule has 0 unspecified atom stereocenters. The number of carbonyl (C=O) groups is 2. The molecule has 10 heteroatoms. The SMILES string of the molecule is COc1ccc([C@H](OC(=O)Nc2ccc3c(c2)OCO3)[C@H](C)/C=C/C(=O)Nc2ccccc2N)cc1O. The van der Waals surface area contributed by atoms with Gasteiger partial charge in [0, 0.05) is 17.7 Å². The van der Waals surface area contributed by atoms with Crippen LogP contribution in [0, 0.1) is 5.92 Å². The van der Waals surface area contributed by atoms with E-state index < -0.39 is 24.0 Å². The van der Waals surface area contributed by atoms with Crippen molar-refractivity contribution in [3.8, 4) is 23.0 Å². The van der Waals surface area contributed by atoms with Crippen LogP contribution in [0.1, 0.15) is 18.6 Å². The molecule has 192 valence electrons. The standard InChI is InChI=1S/C27H27N3O7/c1-16(7-12-25(32)30-20-6-4-3-5-19(20)28)26(17-8-10-22(34-2)21(31)13-17)37-27(33)29-18-9-11-23-24(14-18)36-15-35-23/h3-14,16,26,31H,15,28H2,1-2H3,(H,29,33)(H,30,32)/b12-7+/t16-,26-/m1/s1. The third-order valence-electron chi connectivity index (χ3n) is 5.63. The predicted molar refractivity (Wildman–Crippen MR) is 138 cm³/mol. The van der Waals surface area contributed by atoms with Crippen LogP contribution in [-0.2, 0) is 9.53 Å². The molecule has 1 aliphatic heterocycles. The van der Waals surface area contributed by atoms with Gasteiger partial charge in [0.2, 0.25) is 12.7 Å². The van der Waals surface area contributed by atoms with Crippen LogP contribution < -0.4 is 30.6 Å². The van der Waals surface area contributed by atoms with Crippen molar-refractivity contribution in [3.63, 3.8) is 0 Å². The molecule has 0 bridgehead atoms. The Hall–Kier alpha value is -4.86. The quantitative estimate of drug-likeness (QED) is 0.252. The molecule has 0 radical (unpaired) electrons. The number of fused-ring (bicyclic) bond motifs is 1. The van der Waals surface area contributed by atoms with E-state index in [0.717, 1.165) is 0 Å². The summed E-state index contributed by atoms with van der Waals surface area (Å²) in [5.41, 5.74) is 7.76. The number of carbonyl (C=O) groups excluding carboxylic acids is 2. The fraction of sp³-hybridized carbons (Fsp3) is 0.185. The van der Waals surface area contributed by atoms with Gasteiger partial charge in [0.05, 0.1) is 18.5 Å². The van der Waals surface area contributed by atoms with E-state index in [1.807, 2.05) is 0 Å². The Morgan fingerprint density at radius 2 is 1.84 bits per heavy atom. The van der Waals surface area contributed by atoms with Gasteiger partial charge in [0.1, 0.15) is 6.10 Å². The number of ether oxygens (including phenoxy) is 4. The molecule has 2 amide bonds. The molecule has 3 aromatic rings. The molecule has 0 saturated carbocycles. The van der Waals surface area contributed by atoms with Gasteiger partial charge in [-0.3, -0.25) is 10.1 Å². The normalized spacial score (nSPS) is 13.6. The van der Waals surface area contributed by atoms with Crippen LogP contribution >= 0.6 is 0 Å². The van der Waals surface area contributed by atoms with Crippen LogP contribution in [0.25, 0.3) is 0 Å². The average molecular weight is 506 g/mol. The highest BCUT2D eigenvalue weighted by atomic mass is 16.7. The summed E-state index contributed by atoms with van der Waals surface area (Å²) in [4.78, 5) is 25.3. The van der Waals surface area contributed by atoms with Crippen LogP contribution in [0.3, 0.4) is 0 Å². The Labute approximate surface area is 213 Å². The summed E-state index contributed by atoms with van der Waals surface area (Å²) in [6.07, 6.45) is 1.36. The van der Waals surface area contributed by atoms with Gasteiger partial charge in [0.15, 0.2) is 23.0 Å². The molecule has 4 rings (SSSR count). The van der Waals surface area contributed by atoms with Crippen molar-refractivity contribution < 1.29 is 33.6 Å². The summed E-state index contributed by atoms with van der Waals surface area (Å²) in [6.45, 7) is 1.89. The zero-order valence-electron chi connectivity index (χ0n) is 20.3. The maximum Gasteiger partial charge on any atom is 0.412 e. The van der Waals surface area contributed by atoms with Crippen LogP contribution in [0.4, 0.5) is 21.9 Å². The van der Waals surface area contributed by atoms with Crippen molar-refractivity contribution in [2.45, 2.75) is 13.0 Å². The highest BCUT2D eigenvalue weighted by molar-refractivity contribution is 6.01. The van der Waals surface area contributed by atoms with E-state index >= 15 is 0 Å². The van der Waals surface area contributed by atoms with Crippen LogP contribution in [0.2, 0.25) is 0 Å². The number of benzene rings is 3. The van der Waals surface area contributed by atoms with Crippen molar-refractivity contribution in [2.75, 3.05) is 30.3 Å². The van der Waals surface area contributed by atoms with Crippen LogP contribution in [0.15, 0.2) is 72.8 Å². The molecule has 3 aromatic carbocycles. The van der Waals surface area contributed by atoms with Crippen molar-refractivity contribution in [3.05, 3.63) is 78.4 Å². The van der Waals surface area contributed by atoms with E-state index in [2.05, 4.69) is 10.6 Å². The van der Waals surface area contributed by atoms with Gasteiger partial charge >= 0.3 is 6.09 Å². The highest BCUT2D eigenvalue weighted by Gasteiger charge is 2.24. The van der Waals surface area contributed by atoms with Crippen LogP contribution in [-0.4, -0.2) is 31.0 Å². The van der Waals surface area contributed by atoms with Crippen molar-refractivity contribution in [2.24, 2.45) is 5.92 Å². The minimum atomic E-state index is -0.850. The fourth-order valence-electron chi connectivity index (χ4n) is 3.73. The van der Waals surface area contributed by atoms with Gasteiger partial charge in [-0.2, -0.15) is 0 Å². The first-order valence-electron chi connectivity index (χ1n) is 11.4. The maximum absolute atomic E-state index is 12.8. The van der Waals surface area contributed by atoms with E-state index in [0.29, 0.717) is 34.1 Å². The van der Waals surface area contributed by atoms with E-state index in [1.165, 1.54) is 19.3 Å². The first-order chi connectivity index (χ1) is 17.8. The molecule has 37 heavy (non-hydrogen) atoms. The predicted octanol–water partition coefficient (Wildman–Crippen LogP) is 4.83. The molecule has 0 aromatic heterocycles. The number of phenolic OH excluding ortho intramolecular Hbond substituents is 1. The summed E-state index contributed by atoms with van der Waals surface area (Å²) in [5.74, 6) is 0.393. The van der Waals surface area contributed by atoms with Crippen molar-refractivity contribution in [1.29, 1.82) is 0 Å². The van der Waals surface area contributed by atoms with Crippen LogP contribution in [0.5, 0.6) is 23.0 Å². The molecule has 5 N–H and O–H groups in total. The lowest BCUT2D eigenvalue weighted by Crippen LogP contribution is -2.21. The maximum atomic E-state index is 12.8. The molecule has 0 fully saturated rings. The number of rotatable bonds is 8. The number of hydrogen-bond acceptors (Lipinski definition) is 8. The molecular formula is C27H27N3O7. The number of nitrogen functional groups attached to an aromatic ring is 1. The first kappa shape index (κ1) is 25.2. The van der Waals surface area contributed by atoms with Crippen molar-refractivity contribution in [1.82, 2.24) is 0 Å². The zero-order valence-corrected chi connectivity index (χ0v) is 20.3. The number of anilines is 3. The number of amides is 2. The highest BCUT2D eigenvalue weighted by Crippen LogP contribution is 2.36. The third kappa shape index (κ3) is 6.23. The monoisotopic (exact) mass is 505 g/mol. The topological polar surface area (TPSA) is 141 Å². The Morgan fingerprint density at radius 3 is 2.59 bits per heavy atom. The number of nitrogens with two attached hydrogens (primary N) is 1. The largest absolute Gasteiger partial charge is 0.504 e. The van der Waals surface area contributed by atoms with Gasteiger partial charge in [-0.25, -0.2) is 4.79 Å².